The third kappa shape index (κ3) is 5.49. The fourth-order valence-corrected chi connectivity index (χ4v) is 1.06. The number of carbonyl (C=O) groups is 1. The molecule has 0 heterocycles. The van der Waals surface area contributed by atoms with Crippen molar-refractivity contribution in [3.05, 3.63) is 35.9 Å². The number of hydrogen-bond acceptors (Lipinski definition) is 2. The summed E-state index contributed by atoms with van der Waals surface area (Å²) in [7, 11) is 3.25. The largest absolute Gasteiger partial charge is 0.388 e. The van der Waals surface area contributed by atoms with E-state index in [2.05, 4.69) is 11.7 Å². The highest BCUT2D eigenvalue weighted by atomic mass is 16.4. The number of hydrogen-bond donors (Lipinski definition) is 0. The molecule has 0 amide bonds. The van der Waals surface area contributed by atoms with Crippen molar-refractivity contribution in [3.63, 3.8) is 0 Å². The lowest BCUT2D eigenvalue weighted by Crippen LogP contribution is -1.92. The molecule has 0 aromatic heterocycles. The minimum atomic E-state index is 0.355. The molecule has 0 fully saturated rings. The van der Waals surface area contributed by atoms with E-state index in [1.165, 1.54) is 5.56 Å². The van der Waals surface area contributed by atoms with E-state index in [0.717, 1.165) is 6.29 Å². The van der Waals surface area contributed by atoms with Gasteiger partial charge in [0.1, 0.15) is 6.29 Å². The van der Waals surface area contributed by atoms with Gasteiger partial charge in [-0.2, -0.15) is 0 Å². The lowest BCUT2D eigenvalue weighted by atomic mass is 9.99. The third-order valence-electron chi connectivity index (χ3n) is 1.82. The topological polar surface area (TPSA) is 26.3 Å². The minimum Gasteiger partial charge on any atom is -0.388 e. The first-order valence-corrected chi connectivity index (χ1v) is 4.65. The molecule has 0 aliphatic rings. The standard InChI is InChI=1S/C10H12O.C2H6O/c1-9(7-8-11)10-5-3-2-4-6-10;1-3-2/h2-6,8-9H,7H2,1H3;1-2H3. The molecule has 0 aliphatic heterocycles. The SMILES string of the molecule is CC(CC=O)c1ccccc1.COC. The van der Waals surface area contributed by atoms with Gasteiger partial charge in [0.2, 0.25) is 0 Å². The summed E-state index contributed by atoms with van der Waals surface area (Å²) < 4.78 is 4.25. The molecule has 1 atom stereocenters. The molecule has 0 N–H and O–H groups in total. The first kappa shape index (κ1) is 12.8. The zero-order valence-corrected chi connectivity index (χ0v) is 9.07. The number of benzene rings is 1. The van der Waals surface area contributed by atoms with E-state index in [4.69, 9.17) is 0 Å². The molecular weight excluding hydrogens is 176 g/mol. The Morgan fingerprint density at radius 3 is 2.21 bits per heavy atom. The Kier molecular flexibility index (Phi) is 7.75. The van der Waals surface area contributed by atoms with E-state index in [9.17, 15) is 4.79 Å². The lowest BCUT2D eigenvalue weighted by Gasteiger charge is -2.06. The molecule has 14 heavy (non-hydrogen) atoms. The van der Waals surface area contributed by atoms with Crippen molar-refractivity contribution < 1.29 is 9.53 Å². The molecule has 2 nitrogen and oxygen atoms in total. The predicted octanol–water partition coefficient (Wildman–Crippen LogP) is 2.64. The van der Waals surface area contributed by atoms with Crippen LogP contribution in [0.25, 0.3) is 0 Å². The minimum absolute atomic E-state index is 0.355. The fraction of sp³-hybridized carbons (Fsp3) is 0.417. The molecule has 0 aliphatic carbocycles. The molecule has 0 radical (unpaired) electrons. The van der Waals surface area contributed by atoms with Crippen LogP contribution in [0.5, 0.6) is 0 Å². The van der Waals surface area contributed by atoms with Gasteiger partial charge in [-0.25, -0.2) is 0 Å². The van der Waals surface area contributed by atoms with Gasteiger partial charge in [-0.1, -0.05) is 37.3 Å². The van der Waals surface area contributed by atoms with Crippen LogP contribution >= 0.6 is 0 Å². The van der Waals surface area contributed by atoms with Gasteiger partial charge in [0, 0.05) is 20.6 Å². The van der Waals surface area contributed by atoms with Gasteiger partial charge < -0.3 is 9.53 Å². The maximum Gasteiger partial charge on any atom is 0.120 e. The normalized spacial score (nSPS) is 11.1. The lowest BCUT2D eigenvalue weighted by molar-refractivity contribution is -0.108. The molecule has 1 unspecified atom stereocenters. The van der Waals surface area contributed by atoms with Crippen molar-refractivity contribution in [1.29, 1.82) is 0 Å². The van der Waals surface area contributed by atoms with Crippen LogP contribution in [0.3, 0.4) is 0 Å². The van der Waals surface area contributed by atoms with Gasteiger partial charge in [-0.05, 0) is 11.5 Å². The molecule has 0 bridgehead atoms. The first-order chi connectivity index (χ1) is 6.76. The first-order valence-electron chi connectivity index (χ1n) is 4.65. The maximum absolute atomic E-state index is 10.2. The predicted molar refractivity (Wildman–Crippen MR) is 58.5 cm³/mol. The zero-order chi connectivity index (χ0) is 10.8. The maximum atomic E-state index is 10.2. The van der Waals surface area contributed by atoms with E-state index in [0.29, 0.717) is 12.3 Å². The number of aldehydes is 1. The fourth-order valence-electron chi connectivity index (χ4n) is 1.06. The van der Waals surface area contributed by atoms with Crippen LogP contribution in [0, 0.1) is 0 Å². The number of methoxy groups -OCH3 is 1. The van der Waals surface area contributed by atoms with E-state index < -0.39 is 0 Å². The van der Waals surface area contributed by atoms with E-state index in [1.54, 1.807) is 14.2 Å². The summed E-state index contributed by atoms with van der Waals surface area (Å²) in [6.07, 6.45) is 1.58. The van der Waals surface area contributed by atoms with Gasteiger partial charge >= 0.3 is 0 Å². The van der Waals surface area contributed by atoms with Crippen LogP contribution < -0.4 is 0 Å². The van der Waals surface area contributed by atoms with Crippen LogP contribution in [0.15, 0.2) is 30.3 Å². The highest BCUT2D eigenvalue weighted by Gasteiger charge is 2.01. The second kappa shape index (κ2) is 8.45. The molecule has 0 saturated heterocycles. The summed E-state index contributed by atoms with van der Waals surface area (Å²) in [5.41, 5.74) is 1.24. The van der Waals surface area contributed by atoms with Crippen LogP contribution in [-0.2, 0) is 9.53 Å². The third-order valence-corrected chi connectivity index (χ3v) is 1.82. The number of rotatable bonds is 3. The number of carbonyl (C=O) groups excluding carboxylic acids is 1. The number of ether oxygens (including phenoxy) is 1. The van der Waals surface area contributed by atoms with Gasteiger partial charge in [0.25, 0.3) is 0 Å². The zero-order valence-electron chi connectivity index (χ0n) is 9.07. The van der Waals surface area contributed by atoms with Gasteiger partial charge in [-0.3, -0.25) is 0 Å². The summed E-state index contributed by atoms with van der Waals surface area (Å²) in [5, 5.41) is 0. The molecule has 2 heteroatoms. The molecule has 1 aromatic carbocycles. The molecule has 0 spiro atoms. The van der Waals surface area contributed by atoms with Crippen molar-refractivity contribution >= 4 is 6.29 Å². The second-order valence-electron chi connectivity index (χ2n) is 3.12. The van der Waals surface area contributed by atoms with Gasteiger partial charge in [-0.15, -0.1) is 0 Å². The highest BCUT2D eigenvalue weighted by Crippen LogP contribution is 2.16. The summed E-state index contributed by atoms with van der Waals surface area (Å²) in [5.74, 6) is 0.355. The van der Waals surface area contributed by atoms with E-state index in [-0.39, 0.29) is 0 Å². The summed E-state index contributed by atoms with van der Waals surface area (Å²) in [4.78, 5) is 10.2. The molecule has 1 aromatic rings. The van der Waals surface area contributed by atoms with Gasteiger partial charge in [0.15, 0.2) is 0 Å². The van der Waals surface area contributed by atoms with E-state index >= 15 is 0 Å². The second-order valence-corrected chi connectivity index (χ2v) is 3.12. The van der Waals surface area contributed by atoms with Crippen LogP contribution in [0.2, 0.25) is 0 Å². The Labute approximate surface area is 85.9 Å². The Morgan fingerprint density at radius 1 is 1.29 bits per heavy atom. The van der Waals surface area contributed by atoms with Gasteiger partial charge in [0.05, 0.1) is 0 Å². The Balaban J connectivity index is 0.000000500. The van der Waals surface area contributed by atoms with Crippen molar-refractivity contribution in [2.75, 3.05) is 14.2 Å². The Bertz CT molecular complexity index is 231. The van der Waals surface area contributed by atoms with E-state index in [1.807, 2.05) is 30.3 Å². The van der Waals surface area contributed by atoms with Crippen LogP contribution in [0.1, 0.15) is 24.8 Å². The molecule has 1 rings (SSSR count). The highest BCUT2D eigenvalue weighted by molar-refractivity contribution is 5.51. The smallest absolute Gasteiger partial charge is 0.120 e. The van der Waals surface area contributed by atoms with Crippen molar-refractivity contribution in [2.24, 2.45) is 0 Å². The van der Waals surface area contributed by atoms with Crippen molar-refractivity contribution in [3.8, 4) is 0 Å². The van der Waals surface area contributed by atoms with Crippen LogP contribution in [0.4, 0.5) is 0 Å². The van der Waals surface area contributed by atoms with Crippen molar-refractivity contribution in [1.82, 2.24) is 0 Å². The van der Waals surface area contributed by atoms with Crippen LogP contribution in [-0.4, -0.2) is 20.5 Å². The summed E-state index contributed by atoms with van der Waals surface area (Å²) in [6.45, 7) is 2.06. The average Bonchev–Trinajstić information content (AvgIpc) is 2.21. The Hall–Kier alpha value is -1.15. The Morgan fingerprint density at radius 2 is 1.79 bits per heavy atom. The molecule has 78 valence electrons. The quantitative estimate of drug-likeness (QED) is 0.691. The van der Waals surface area contributed by atoms with Crippen molar-refractivity contribution in [2.45, 2.75) is 19.3 Å². The molecule has 0 saturated carbocycles. The monoisotopic (exact) mass is 194 g/mol. The summed E-state index contributed by atoms with van der Waals surface area (Å²) in [6, 6.07) is 10.1. The average molecular weight is 194 g/mol. The summed E-state index contributed by atoms with van der Waals surface area (Å²) >= 11 is 0. The molecular formula is C12H18O2.